The van der Waals surface area contributed by atoms with E-state index in [0.29, 0.717) is 24.1 Å². The maximum atomic E-state index is 13.1. The van der Waals surface area contributed by atoms with Gasteiger partial charge in [-0.2, -0.15) is 0 Å². The van der Waals surface area contributed by atoms with Gasteiger partial charge in [0.2, 0.25) is 5.91 Å². The first-order valence-electron chi connectivity index (χ1n) is 9.27. The third-order valence-electron chi connectivity index (χ3n) is 5.08. The standard InChI is InChI=1S/C21H17FN4O2S/c22-14-7-5-13(6-8-14)11-23-17(27)12-26-16-4-2-1-3-15(16)18-19(26)20(28)25-9-10-29-21(25)24-18/h1-8H,9-12H2,(H,23,27). The van der Waals surface area contributed by atoms with Gasteiger partial charge in [0.1, 0.15) is 23.4 Å². The van der Waals surface area contributed by atoms with Crippen LogP contribution in [0.5, 0.6) is 0 Å². The lowest BCUT2D eigenvalue weighted by molar-refractivity contribution is -0.121. The summed E-state index contributed by atoms with van der Waals surface area (Å²) in [5.74, 6) is 0.283. The number of aromatic nitrogens is 3. The zero-order chi connectivity index (χ0) is 20.0. The first-order chi connectivity index (χ1) is 14.1. The summed E-state index contributed by atoms with van der Waals surface area (Å²) in [6, 6.07) is 13.6. The molecule has 1 amide bonds. The van der Waals surface area contributed by atoms with E-state index in [2.05, 4.69) is 5.32 Å². The number of hydrogen-bond donors (Lipinski definition) is 1. The van der Waals surface area contributed by atoms with Crippen molar-refractivity contribution in [3.63, 3.8) is 0 Å². The average molecular weight is 408 g/mol. The Morgan fingerprint density at radius 3 is 2.79 bits per heavy atom. The number of nitrogens with one attached hydrogen (secondary N) is 1. The second kappa shape index (κ2) is 7.04. The smallest absolute Gasteiger partial charge is 0.278 e. The Morgan fingerprint density at radius 2 is 1.97 bits per heavy atom. The van der Waals surface area contributed by atoms with Crippen LogP contribution >= 0.6 is 11.8 Å². The zero-order valence-corrected chi connectivity index (χ0v) is 16.2. The number of amides is 1. The Labute approximate surface area is 169 Å². The van der Waals surface area contributed by atoms with Crippen LogP contribution in [0.15, 0.2) is 58.5 Å². The molecule has 1 aliphatic heterocycles. The van der Waals surface area contributed by atoms with E-state index in [4.69, 9.17) is 4.98 Å². The van der Waals surface area contributed by atoms with Gasteiger partial charge in [0.05, 0.1) is 5.52 Å². The monoisotopic (exact) mass is 408 g/mol. The normalized spacial score (nSPS) is 13.1. The molecular formula is C21H17FN4O2S. The van der Waals surface area contributed by atoms with Crippen molar-refractivity contribution in [2.24, 2.45) is 0 Å². The number of rotatable bonds is 4. The molecule has 1 N–H and O–H groups in total. The second-order valence-corrected chi connectivity index (χ2v) is 7.97. The van der Waals surface area contributed by atoms with E-state index >= 15 is 0 Å². The van der Waals surface area contributed by atoms with Crippen LogP contribution in [0.3, 0.4) is 0 Å². The molecule has 5 rings (SSSR count). The molecule has 0 aliphatic carbocycles. The van der Waals surface area contributed by atoms with E-state index in [1.807, 2.05) is 24.3 Å². The maximum Gasteiger partial charge on any atom is 0.278 e. The number of nitrogens with zero attached hydrogens (tertiary/aromatic N) is 3. The summed E-state index contributed by atoms with van der Waals surface area (Å²) in [5, 5.41) is 4.43. The van der Waals surface area contributed by atoms with E-state index < -0.39 is 0 Å². The van der Waals surface area contributed by atoms with E-state index in [0.717, 1.165) is 27.4 Å². The van der Waals surface area contributed by atoms with Gasteiger partial charge in [-0.05, 0) is 23.8 Å². The van der Waals surface area contributed by atoms with Crippen LogP contribution in [0, 0.1) is 5.82 Å². The summed E-state index contributed by atoms with van der Waals surface area (Å²) >= 11 is 1.57. The highest BCUT2D eigenvalue weighted by molar-refractivity contribution is 7.99. The van der Waals surface area contributed by atoms with Crippen molar-refractivity contribution in [2.45, 2.75) is 24.8 Å². The van der Waals surface area contributed by atoms with Crippen LogP contribution in [-0.2, 0) is 24.4 Å². The van der Waals surface area contributed by atoms with E-state index in [1.165, 1.54) is 12.1 Å². The van der Waals surface area contributed by atoms with Crippen molar-refractivity contribution in [1.29, 1.82) is 0 Å². The van der Waals surface area contributed by atoms with Crippen LogP contribution in [0.4, 0.5) is 4.39 Å². The number of thioether (sulfide) groups is 1. The quantitative estimate of drug-likeness (QED) is 0.527. The fourth-order valence-electron chi connectivity index (χ4n) is 3.69. The van der Waals surface area contributed by atoms with Gasteiger partial charge in [0.25, 0.3) is 5.56 Å². The fourth-order valence-corrected chi connectivity index (χ4v) is 4.63. The third-order valence-corrected chi connectivity index (χ3v) is 6.04. The van der Waals surface area contributed by atoms with Gasteiger partial charge in [-0.15, -0.1) is 0 Å². The number of halogens is 1. The predicted octanol–water partition coefficient (Wildman–Crippen LogP) is 2.91. The van der Waals surface area contributed by atoms with Crippen molar-refractivity contribution >= 4 is 39.6 Å². The third kappa shape index (κ3) is 3.09. The maximum absolute atomic E-state index is 13.1. The highest BCUT2D eigenvalue weighted by Gasteiger charge is 2.23. The highest BCUT2D eigenvalue weighted by atomic mass is 32.2. The fraction of sp³-hybridized carbons (Fsp3) is 0.190. The second-order valence-electron chi connectivity index (χ2n) is 6.90. The van der Waals surface area contributed by atoms with Gasteiger partial charge in [-0.3, -0.25) is 14.2 Å². The highest BCUT2D eigenvalue weighted by Crippen LogP contribution is 2.29. The van der Waals surface area contributed by atoms with Gasteiger partial charge in [0, 0.05) is 24.2 Å². The minimum atomic E-state index is -0.316. The largest absolute Gasteiger partial charge is 0.350 e. The van der Waals surface area contributed by atoms with Crippen molar-refractivity contribution in [2.75, 3.05) is 5.75 Å². The number of para-hydroxylation sites is 1. The Bertz CT molecular complexity index is 1310. The van der Waals surface area contributed by atoms with Crippen LogP contribution < -0.4 is 10.9 Å². The van der Waals surface area contributed by atoms with Crippen LogP contribution in [0.1, 0.15) is 5.56 Å². The number of carbonyl (C=O) groups is 1. The Hall–Kier alpha value is -3.13. The molecule has 0 fully saturated rings. The van der Waals surface area contributed by atoms with Crippen LogP contribution in [-0.4, -0.2) is 25.8 Å². The molecular weight excluding hydrogens is 391 g/mol. The molecule has 3 heterocycles. The number of benzene rings is 2. The SMILES string of the molecule is O=C(Cn1c2ccccc2c2nc3n(c(=O)c21)CCS3)NCc1ccc(F)cc1. The topological polar surface area (TPSA) is 68.9 Å². The summed E-state index contributed by atoms with van der Waals surface area (Å²) in [4.78, 5) is 30.5. The Kier molecular flexibility index (Phi) is 4.35. The molecule has 8 heteroatoms. The summed E-state index contributed by atoms with van der Waals surface area (Å²) in [5.41, 5.74) is 2.58. The van der Waals surface area contributed by atoms with Crippen molar-refractivity contribution in [1.82, 2.24) is 19.4 Å². The summed E-state index contributed by atoms with van der Waals surface area (Å²) < 4.78 is 16.5. The number of hydrogen-bond acceptors (Lipinski definition) is 4. The van der Waals surface area contributed by atoms with Crippen molar-refractivity contribution < 1.29 is 9.18 Å². The predicted molar refractivity (Wildman–Crippen MR) is 110 cm³/mol. The number of carbonyl (C=O) groups excluding carboxylic acids is 1. The molecule has 29 heavy (non-hydrogen) atoms. The molecule has 146 valence electrons. The van der Waals surface area contributed by atoms with E-state index in [-0.39, 0.29) is 23.8 Å². The van der Waals surface area contributed by atoms with Gasteiger partial charge >= 0.3 is 0 Å². The molecule has 0 bridgehead atoms. The molecule has 2 aromatic heterocycles. The lowest BCUT2D eigenvalue weighted by Crippen LogP contribution is -2.29. The molecule has 0 saturated heterocycles. The molecule has 0 saturated carbocycles. The van der Waals surface area contributed by atoms with Crippen LogP contribution in [0.2, 0.25) is 0 Å². The van der Waals surface area contributed by atoms with Gasteiger partial charge < -0.3 is 9.88 Å². The van der Waals surface area contributed by atoms with Gasteiger partial charge in [-0.1, -0.05) is 42.1 Å². The lowest BCUT2D eigenvalue weighted by atomic mass is 10.2. The molecule has 6 nitrogen and oxygen atoms in total. The Morgan fingerprint density at radius 1 is 1.17 bits per heavy atom. The lowest BCUT2D eigenvalue weighted by Gasteiger charge is -2.09. The number of fused-ring (bicyclic) bond motifs is 4. The minimum absolute atomic E-state index is 0.00855. The minimum Gasteiger partial charge on any atom is -0.350 e. The van der Waals surface area contributed by atoms with E-state index in [1.54, 1.807) is 33.0 Å². The van der Waals surface area contributed by atoms with Crippen molar-refractivity contribution in [3.05, 3.63) is 70.3 Å². The van der Waals surface area contributed by atoms with E-state index in [9.17, 15) is 14.0 Å². The molecule has 0 unspecified atom stereocenters. The molecule has 1 aliphatic rings. The summed E-state index contributed by atoms with van der Waals surface area (Å²) in [7, 11) is 0. The molecule has 4 aromatic rings. The molecule has 0 spiro atoms. The molecule has 0 radical (unpaired) electrons. The van der Waals surface area contributed by atoms with Gasteiger partial charge in [0.15, 0.2) is 5.16 Å². The summed E-state index contributed by atoms with van der Waals surface area (Å²) in [6.07, 6.45) is 0. The Balaban J connectivity index is 1.52. The van der Waals surface area contributed by atoms with Crippen molar-refractivity contribution in [3.8, 4) is 0 Å². The zero-order valence-electron chi connectivity index (χ0n) is 15.4. The van der Waals surface area contributed by atoms with Crippen LogP contribution in [0.25, 0.3) is 21.9 Å². The molecule has 2 aromatic carbocycles. The first-order valence-corrected chi connectivity index (χ1v) is 10.3. The first kappa shape index (κ1) is 17.9. The summed E-state index contributed by atoms with van der Waals surface area (Å²) in [6.45, 7) is 0.925. The molecule has 0 atom stereocenters. The average Bonchev–Trinajstić information content (AvgIpc) is 3.32. The van der Waals surface area contributed by atoms with Gasteiger partial charge in [-0.25, -0.2) is 9.37 Å².